The summed E-state index contributed by atoms with van der Waals surface area (Å²) in [5.41, 5.74) is 0. The van der Waals surface area contributed by atoms with Crippen LogP contribution in [0, 0.1) is 0 Å². The summed E-state index contributed by atoms with van der Waals surface area (Å²) < 4.78 is 23.0. The van der Waals surface area contributed by atoms with Gasteiger partial charge < -0.3 is 39.4 Å². The summed E-state index contributed by atoms with van der Waals surface area (Å²) in [5, 5.41) is 43.7. The zero-order chi connectivity index (χ0) is 57.4. The number of carbonyl (C=O) groups excluding carboxylic acids is 3. The number of ether oxygens (including phenoxy) is 4. The van der Waals surface area contributed by atoms with Crippen LogP contribution >= 0.6 is 0 Å². The number of hydrogen-bond donors (Lipinski definition) is 4. The van der Waals surface area contributed by atoms with Gasteiger partial charge >= 0.3 is 17.9 Å². The highest BCUT2D eigenvalue weighted by molar-refractivity contribution is 5.71. The van der Waals surface area contributed by atoms with Crippen LogP contribution in [-0.4, -0.2) is 142 Å². The van der Waals surface area contributed by atoms with Crippen LogP contribution in [-0.2, 0) is 33.3 Å². The van der Waals surface area contributed by atoms with Crippen LogP contribution < -0.4 is 0 Å². The van der Waals surface area contributed by atoms with E-state index in [1.165, 1.54) is 70.6 Å². The normalized spacial score (nSPS) is 17.2. The Bertz CT molecular complexity index is 1330. The molecule has 0 saturated carbocycles. The number of epoxide rings is 1. The van der Waals surface area contributed by atoms with Crippen LogP contribution in [0.3, 0.4) is 0 Å². The SMILES string of the molecule is CCCCCCCCCC(O)CCCCCCCC(=O)OC(COC(=O)CCCCCCC[C@H](O)[C@H](C[C@@H](O)CCCCCC)N(CC)CC)COC(=O)CCCCCCC[C@H](O)[C@H](C[C@H]1O[C@@H]1CCCCC)N(CC)CC. The van der Waals surface area contributed by atoms with Gasteiger partial charge in [0, 0.05) is 31.3 Å². The molecule has 0 aliphatic carbocycles. The predicted octanol–water partition coefficient (Wildman–Crippen LogP) is 14.3. The number of carbonyl (C=O) groups is 3. The molecule has 2 unspecified atom stereocenters. The highest BCUT2D eigenvalue weighted by Crippen LogP contribution is 2.34. The second-order valence-electron chi connectivity index (χ2n) is 23.4. The van der Waals surface area contributed by atoms with Crippen LogP contribution in [0.25, 0.3) is 0 Å². The maximum Gasteiger partial charge on any atom is 0.306 e. The maximum atomic E-state index is 13.0. The van der Waals surface area contributed by atoms with Gasteiger partial charge in [-0.1, -0.05) is 215 Å². The smallest absolute Gasteiger partial charge is 0.306 e. The number of aliphatic hydroxyl groups is 4. The largest absolute Gasteiger partial charge is 0.462 e. The molecule has 0 aromatic rings. The monoisotopic (exact) mass is 1110 g/mol. The van der Waals surface area contributed by atoms with Crippen molar-refractivity contribution in [3.63, 3.8) is 0 Å². The Balaban J connectivity index is 2.56. The lowest BCUT2D eigenvalue weighted by Crippen LogP contribution is -2.45. The lowest BCUT2D eigenvalue weighted by molar-refractivity contribution is -0.167. The van der Waals surface area contributed by atoms with Gasteiger partial charge in [-0.25, -0.2) is 0 Å². The van der Waals surface area contributed by atoms with Crippen molar-refractivity contribution >= 4 is 17.9 Å². The topological polar surface area (TPSA) is 179 Å². The quantitative estimate of drug-likeness (QED) is 0.0196. The zero-order valence-electron chi connectivity index (χ0n) is 51.8. The summed E-state index contributed by atoms with van der Waals surface area (Å²) in [6.45, 7) is 18.3. The van der Waals surface area contributed by atoms with Crippen molar-refractivity contribution in [2.24, 2.45) is 0 Å². The first-order valence-electron chi connectivity index (χ1n) is 33.2. The number of esters is 3. The standard InChI is InChI=1S/C65H126N2O11/c1-8-15-18-20-21-25-34-41-54(68)42-35-26-22-31-40-49-65(74)77-56(52-75-63(72)47-38-29-23-27-36-44-59(70)57(66(11-4)12-5)50-55(69)43-33-19-16-9-2)53-76-64(73)48-39-30-24-28-37-45-60(71)58(67(13-6)14-7)51-62-61(78-62)46-32-17-10-3/h54-62,68-71H,8-53H2,1-7H3/t54?,55-,56?,57-,58-,59-,60-,61+,62+/m0/s1. The third-order valence-electron chi connectivity index (χ3n) is 16.6. The van der Waals surface area contributed by atoms with Crippen molar-refractivity contribution in [3.8, 4) is 0 Å². The number of unbranched alkanes of at least 4 members (excludes halogenated alkanes) is 23. The maximum absolute atomic E-state index is 13.0. The van der Waals surface area contributed by atoms with Gasteiger partial charge in [0.05, 0.1) is 36.6 Å². The lowest BCUT2D eigenvalue weighted by Gasteiger charge is -2.35. The van der Waals surface area contributed by atoms with E-state index >= 15 is 0 Å². The minimum atomic E-state index is -0.887. The number of likely N-dealkylation sites (N-methyl/N-ethyl adjacent to an activating group) is 2. The Morgan fingerprint density at radius 2 is 0.769 bits per heavy atom. The van der Waals surface area contributed by atoms with E-state index in [0.717, 1.165) is 161 Å². The zero-order valence-corrected chi connectivity index (χ0v) is 51.8. The molecule has 462 valence electrons. The molecule has 1 fully saturated rings. The molecule has 0 bridgehead atoms. The first-order chi connectivity index (χ1) is 37.9. The molecule has 13 heteroatoms. The first-order valence-corrected chi connectivity index (χ1v) is 33.2. The summed E-state index contributed by atoms with van der Waals surface area (Å²) in [6, 6.07) is 0.0494. The van der Waals surface area contributed by atoms with E-state index < -0.39 is 30.4 Å². The van der Waals surface area contributed by atoms with Crippen molar-refractivity contribution < 1.29 is 53.8 Å². The predicted molar refractivity (Wildman–Crippen MR) is 320 cm³/mol. The van der Waals surface area contributed by atoms with Crippen molar-refractivity contribution in [1.82, 2.24) is 9.80 Å². The van der Waals surface area contributed by atoms with E-state index in [4.69, 9.17) is 18.9 Å². The number of hydrogen-bond acceptors (Lipinski definition) is 13. The molecule has 1 saturated heterocycles. The van der Waals surface area contributed by atoms with Gasteiger partial charge in [0.15, 0.2) is 6.10 Å². The average Bonchev–Trinajstić information content (AvgIpc) is 4.18. The summed E-state index contributed by atoms with van der Waals surface area (Å²) in [7, 11) is 0. The van der Waals surface area contributed by atoms with E-state index in [2.05, 4.69) is 58.3 Å². The van der Waals surface area contributed by atoms with Gasteiger partial charge in [0.25, 0.3) is 0 Å². The molecule has 1 aliphatic heterocycles. The molecule has 0 aromatic heterocycles. The molecule has 0 aromatic carbocycles. The minimum absolute atomic E-state index is 0.0569. The summed E-state index contributed by atoms with van der Waals surface area (Å²) in [6.07, 6.45) is 35.6. The van der Waals surface area contributed by atoms with E-state index in [1.807, 2.05) is 0 Å². The fourth-order valence-corrected chi connectivity index (χ4v) is 11.4. The average molecular weight is 1110 g/mol. The highest BCUT2D eigenvalue weighted by Gasteiger charge is 2.42. The van der Waals surface area contributed by atoms with Crippen LogP contribution in [0.4, 0.5) is 0 Å². The lowest BCUT2D eigenvalue weighted by atomic mass is 9.94. The Labute approximate surface area is 479 Å². The van der Waals surface area contributed by atoms with Crippen molar-refractivity contribution in [1.29, 1.82) is 0 Å². The van der Waals surface area contributed by atoms with Crippen molar-refractivity contribution in [3.05, 3.63) is 0 Å². The van der Waals surface area contributed by atoms with E-state index in [9.17, 15) is 34.8 Å². The van der Waals surface area contributed by atoms with Crippen molar-refractivity contribution in [2.75, 3.05) is 39.4 Å². The van der Waals surface area contributed by atoms with E-state index in [1.54, 1.807) is 0 Å². The third kappa shape index (κ3) is 39.5. The molecule has 78 heavy (non-hydrogen) atoms. The number of aliphatic hydroxyl groups excluding tert-OH is 4. The molecule has 1 rings (SSSR count). The van der Waals surface area contributed by atoms with Crippen LogP contribution in [0.2, 0.25) is 0 Å². The molecule has 0 amide bonds. The molecule has 0 spiro atoms. The summed E-state index contributed by atoms with van der Waals surface area (Å²) in [4.78, 5) is 43.5. The Hall–Kier alpha value is -1.87. The van der Waals surface area contributed by atoms with Gasteiger partial charge in [-0.05, 0) is 96.8 Å². The number of rotatable bonds is 58. The highest BCUT2D eigenvalue weighted by atomic mass is 16.6. The Morgan fingerprint density at radius 3 is 1.23 bits per heavy atom. The fourth-order valence-electron chi connectivity index (χ4n) is 11.4. The van der Waals surface area contributed by atoms with Gasteiger partial charge in [0.1, 0.15) is 13.2 Å². The second kappa shape index (κ2) is 50.8. The molecule has 13 nitrogen and oxygen atoms in total. The summed E-state index contributed by atoms with van der Waals surface area (Å²) >= 11 is 0. The Morgan fingerprint density at radius 1 is 0.410 bits per heavy atom. The van der Waals surface area contributed by atoms with Gasteiger partial charge in [-0.2, -0.15) is 0 Å². The molecule has 0 radical (unpaired) electrons. The van der Waals surface area contributed by atoms with Crippen molar-refractivity contribution in [2.45, 2.75) is 360 Å². The molecule has 9 atom stereocenters. The third-order valence-corrected chi connectivity index (χ3v) is 16.6. The van der Waals surface area contributed by atoms with Gasteiger partial charge in [-0.15, -0.1) is 0 Å². The minimum Gasteiger partial charge on any atom is -0.462 e. The Kier molecular flexibility index (Phi) is 48.3. The molecule has 1 heterocycles. The van der Waals surface area contributed by atoms with Crippen LogP contribution in [0.1, 0.15) is 305 Å². The molecule has 1 aliphatic rings. The van der Waals surface area contributed by atoms with Gasteiger partial charge in [0.2, 0.25) is 0 Å². The first kappa shape index (κ1) is 74.1. The van der Waals surface area contributed by atoms with Crippen LogP contribution in [0.15, 0.2) is 0 Å². The molecule has 4 N–H and O–H groups in total. The fraction of sp³-hybridized carbons (Fsp3) is 0.954. The molecular formula is C65H126N2O11. The van der Waals surface area contributed by atoms with E-state index in [0.29, 0.717) is 38.2 Å². The number of nitrogens with zero attached hydrogens (tertiary/aromatic N) is 2. The van der Waals surface area contributed by atoms with E-state index in [-0.39, 0.29) is 68.7 Å². The van der Waals surface area contributed by atoms with Gasteiger partial charge in [-0.3, -0.25) is 24.2 Å². The summed E-state index contributed by atoms with van der Waals surface area (Å²) in [5.74, 6) is -1.14. The molecular weight excluding hydrogens is 985 g/mol. The second-order valence-corrected chi connectivity index (χ2v) is 23.4. The van der Waals surface area contributed by atoms with Crippen LogP contribution in [0.5, 0.6) is 0 Å².